The van der Waals surface area contributed by atoms with Gasteiger partial charge in [0.05, 0.1) is 11.3 Å². The summed E-state index contributed by atoms with van der Waals surface area (Å²) in [5.41, 5.74) is 1.52. The lowest BCUT2D eigenvalue weighted by atomic mass is 9.96. The summed E-state index contributed by atoms with van der Waals surface area (Å²) in [6, 6.07) is 9.56. The molecule has 1 aliphatic heterocycles. The van der Waals surface area contributed by atoms with Crippen LogP contribution in [-0.4, -0.2) is 43.2 Å². The minimum atomic E-state index is 0.0717. The van der Waals surface area contributed by atoms with Crippen LogP contribution in [0.15, 0.2) is 55.1 Å². The highest BCUT2D eigenvalue weighted by Gasteiger charge is 2.29. The number of unbranched alkanes of at least 4 members (excludes halogenated alkanes) is 1. The van der Waals surface area contributed by atoms with Gasteiger partial charge in [-0.2, -0.15) is 5.10 Å². The number of carbonyl (C=O) groups excluding carboxylic acids is 1. The van der Waals surface area contributed by atoms with Crippen LogP contribution in [0.2, 0.25) is 0 Å². The van der Waals surface area contributed by atoms with Crippen LogP contribution in [0.25, 0.3) is 5.69 Å². The van der Waals surface area contributed by atoms with Gasteiger partial charge in [0.1, 0.15) is 5.82 Å². The third kappa shape index (κ3) is 3.72. The predicted octanol–water partition coefficient (Wildman–Crippen LogP) is 3.89. The van der Waals surface area contributed by atoms with Gasteiger partial charge in [-0.05, 0) is 37.5 Å². The average Bonchev–Trinajstić information content (AvgIpc) is 3.44. The smallest absolute Gasteiger partial charge is 0.256 e. The van der Waals surface area contributed by atoms with Gasteiger partial charge in [-0.15, -0.1) is 0 Å². The fraction of sp³-hybridized carbons (Fsp3) is 0.409. The highest BCUT2D eigenvalue weighted by molar-refractivity contribution is 5.97. The molecule has 146 valence electrons. The summed E-state index contributed by atoms with van der Waals surface area (Å²) in [5.74, 6) is 1.48. The van der Waals surface area contributed by atoms with Gasteiger partial charge < -0.3 is 9.47 Å². The van der Waals surface area contributed by atoms with E-state index in [0.717, 1.165) is 56.8 Å². The summed E-state index contributed by atoms with van der Waals surface area (Å²) in [5, 5.41) is 4.30. The number of benzene rings is 1. The monoisotopic (exact) mass is 377 g/mol. The Morgan fingerprint density at radius 3 is 2.89 bits per heavy atom. The molecule has 0 aliphatic carbocycles. The predicted molar refractivity (Wildman–Crippen MR) is 109 cm³/mol. The highest BCUT2D eigenvalue weighted by Crippen LogP contribution is 2.28. The number of nitrogens with zero attached hydrogens (tertiary/aromatic N) is 5. The summed E-state index contributed by atoms with van der Waals surface area (Å²) in [6.07, 6.45) is 11.9. The van der Waals surface area contributed by atoms with Gasteiger partial charge in [-0.3, -0.25) is 4.79 Å². The first-order chi connectivity index (χ1) is 13.8. The van der Waals surface area contributed by atoms with E-state index in [1.165, 1.54) is 0 Å². The molecule has 1 saturated heterocycles. The second-order valence-electron chi connectivity index (χ2n) is 7.39. The minimum absolute atomic E-state index is 0.0717. The molecular formula is C22H27N5O. The van der Waals surface area contributed by atoms with E-state index in [-0.39, 0.29) is 5.91 Å². The first-order valence-corrected chi connectivity index (χ1v) is 10.2. The number of aromatic nitrogens is 4. The Morgan fingerprint density at radius 2 is 2.07 bits per heavy atom. The lowest BCUT2D eigenvalue weighted by molar-refractivity contribution is 0.0703. The molecule has 1 aliphatic rings. The molecule has 3 aromatic rings. The highest BCUT2D eigenvalue weighted by atomic mass is 16.2. The van der Waals surface area contributed by atoms with E-state index >= 15 is 0 Å². The number of amides is 1. The molecule has 0 bridgehead atoms. The van der Waals surface area contributed by atoms with Crippen molar-refractivity contribution in [1.82, 2.24) is 24.2 Å². The second-order valence-corrected chi connectivity index (χ2v) is 7.39. The van der Waals surface area contributed by atoms with E-state index < -0.39 is 0 Å². The van der Waals surface area contributed by atoms with Crippen molar-refractivity contribution in [3.63, 3.8) is 0 Å². The van der Waals surface area contributed by atoms with Crippen molar-refractivity contribution in [2.45, 2.75) is 45.1 Å². The van der Waals surface area contributed by atoms with Gasteiger partial charge in [0.15, 0.2) is 0 Å². The Balaban J connectivity index is 1.55. The molecule has 0 spiro atoms. The van der Waals surface area contributed by atoms with E-state index in [2.05, 4.69) is 27.8 Å². The summed E-state index contributed by atoms with van der Waals surface area (Å²) < 4.78 is 4.02. The van der Waals surface area contributed by atoms with Gasteiger partial charge in [-0.25, -0.2) is 9.67 Å². The topological polar surface area (TPSA) is 56.0 Å². The summed E-state index contributed by atoms with van der Waals surface area (Å²) in [7, 11) is 0. The Kier molecular flexibility index (Phi) is 5.55. The zero-order chi connectivity index (χ0) is 19.3. The maximum atomic E-state index is 13.3. The number of rotatable bonds is 6. The van der Waals surface area contributed by atoms with Crippen LogP contribution in [0, 0.1) is 0 Å². The molecular weight excluding hydrogens is 350 g/mol. The van der Waals surface area contributed by atoms with Crippen LogP contribution < -0.4 is 0 Å². The van der Waals surface area contributed by atoms with Crippen molar-refractivity contribution >= 4 is 5.91 Å². The molecule has 0 N–H and O–H groups in total. The van der Waals surface area contributed by atoms with E-state index in [1.54, 1.807) is 10.9 Å². The van der Waals surface area contributed by atoms with Crippen molar-refractivity contribution in [3.05, 3.63) is 66.5 Å². The van der Waals surface area contributed by atoms with E-state index in [0.29, 0.717) is 11.5 Å². The molecule has 0 radical (unpaired) electrons. The lowest BCUT2D eigenvalue weighted by Crippen LogP contribution is -2.40. The SMILES string of the molecule is CCCCn1ccnc1[C@H]1CCCN(C(=O)c2ccccc2-n2cccn2)C1. The normalized spacial score (nSPS) is 17.0. The lowest BCUT2D eigenvalue weighted by Gasteiger charge is -2.33. The number of piperidine rings is 1. The van der Waals surface area contributed by atoms with Crippen LogP contribution in [0.1, 0.15) is 54.7 Å². The Morgan fingerprint density at radius 1 is 1.18 bits per heavy atom. The Labute approximate surface area is 165 Å². The van der Waals surface area contributed by atoms with Gasteiger partial charge in [0.25, 0.3) is 5.91 Å². The Bertz CT molecular complexity index is 915. The van der Waals surface area contributed by atoms with E-state index in [4.69, 9.17) is 0 Å². The molecule has 0 saturated carbocycles. The minimum Gasteiger partial charge on any atom is -0.338 e. The van der Waals surface area contributed by atoms with Crippen LogP contribution in [0.5, 0.6) is 0 Å². The van der Waals surface area contributed by atoms with E-state index in [9.17, 15) is 4.79 Å². The zero-order valence-corrected chi connectivity index (χ0v) is 16.4. The van der Waals surface area contributed by atoms with Crippen LogP contribution in [0.4, 0.5) is 0 Å². The quantitative estimate of drug-likeness (QED) is 0.655. The molecule has 1 aromatic carbocycles. The summed E-state index contributed by atoms with van der Waals surface area (Å²) in [6.45, 7) is 4.71. The van der Waals surface area contributed by atoms with E-state index in [1.807, 2.05) is 47.6 Å². The Hall–Kier alpha value is -2.89. The first kappa shape index (κ1) is 18.5. The fourth-order valence-electron chi connectivity index (χ4n) is 4.01. The zero-order valence-electron chi connectivity index (χ0n) is 16.4. The van der Waals surface area contributed by atoms with Gasteiger partial charge in [-0.1, -0.05) is 25.5 Å². The molecule has 1 amide bonds. The molecule has 6 heteroatoms. The van der Waals surface area contributed by atoms with Crippen molar-refractivity contribution < 1.29 is 4.79 Å². The number of aryl methyl sites for hydroxylation is 1. The van der Waals surface area contributed by atoms with Crippen LogP contribution in [0.3, 0.4) is 0 Å². The molecule has 0 unspecified atom stereocenters. The molecule has 1 fully saturated rings. The number of hydrogen-bond donors (Lipinski definition) is 0. The number of likely N-dealkylation sites (tertiary alicyclic amines) is 1. The van der Waals surface area contributed by atoms with Gasteiger partial charge in [0.2, 0.25) is 0 Å². The number of hydrogen-bond acceptors (Lipinski definition) is 3. The molecule has 28 heavy (non-hydrogen) atoms. The van der Waals surface area contributed by atoms with Crippen molar-refractivity contribution in [2.24, 2.45) is 0 Å². The molecule has 4 rings (SSSR count). The molecule has 3 heterocycles. The summed E-state index contributed by atoms with van der Waals surface area (Å²) >= 11 is 0. The van der Waals surface area contributed by atoms with Gasteiger partial charge in [0, 0.05) is 50.3 Å². The standard InChI is InChI=1S/C22H27N5O/c1-2-3-13-25-16-12-23-21(25)18-8-6-14-26(17-18)22(28)19-9-4-5-10-20(19)27-15-7-11-24-27/h4-5,7,9-12,15-16,18H,2-3,6,8,13-14,17H2,1H3/t18-/m0/s1. The van der Waals surface area contributed by atoms with Gasteiger partial charge >= 0.3 is 0 Å². The van der Waals surface area contributed by atoms with Crippen molar-refractivity contribution in [1.29, 1.82) is 0 Å². The third-order valence-electron chi connectivity index (χ3n) is 5.46. The molecule has 1 atom stereocenters. The third-order valence-corrected chi connectivity index (χ3v) is 5.46. The number of imidazole rings is 1. The molecule has 2 aromatic heterocycles. The van der Waals surface area contributed by atoms with Crippen LogP contribution >= 0.6 is 0 Å². The molecule has 6 nitrogen and oxygen atoms in total. The largest absolute Gasteiger partial charge is 0.338 e. The number of carbonyl (C=O) groups is 1. The van der Waals surface area contributed by atoms with Crippen LogP contribution in [-0.2, 0) is 6.54 Å². The second kappa shape index (κ2) is 8.42. The average molecular weight is 377 g/mol. The maximum Gasteiger partial charge on any atom is 0.256 e. The maximum absolute atomic E-state index is 13.3. The first-order valence-electron chi connectivity index (χ1n) is 10.2. The van der Waals surface area contributed by atoms with Crippen molar-refractivity contribution in [2.75, 3.05) is 13.1 Å². The summed E-state index contributed by atoms with van der Waals surface area (Å²) in [4.78, 5) is 20.0. The number of para-hydroxylation sites is 1. The fourth-order valence-corrected chi connectivity index (χ4v) is 4.01. The van der Waals surface area contributed by atoms with Crippen molar-refractivity contribution in [3.8, 4) is 5.69 Å².